The summed E-state index contributed by atoms with van der Waals surface area (Å²) in [5.74, 6) is -2.92. The molecule has 1 fully saturated rings. The first-order valence-corrected chi connectivity index (χ1v) is 13.2. The number of aromatic nitrogens is 3. The molecule has 2 aromatic carbocycles. The van der Waals surface area contributed by atoms with Crippen molar-refractivity contribution in [3.05, 3.63) is 66.4 Å². The Balaban J connectivity index is 1.31. The van der Waals surface area contributed by atoms with Gasteiger partial charge in [0.05, 0.1) is 57.6 Å². The average molecular weight is 538 g/mol. The molecular weight excluding hydrogens is 502 g/mol. The van der Waals surface area contributed by atoms with Crippen LogP contribution in [0.3, 0.4) is 0 Å². The third-order valence-corrected chi connectivity index (χ3v) is 6.95. The number of carbonyl (C=O) groups excluding carboxylic acids is 1. The number of esters is 1. The van der Waals surface area contributed by atoms with Gasteiger partial charge >= 0.3 is 11.9 Å². The molecule has 0 spiro atoms. The number of hydrogen-bond donors (Lipinski definition) is 1. The Morgan fingerprint density at radius 1 is 0.923 bits per heavy atom. The molecule has 3 aromatic rings. The molecule has 0 radical (unpaired) electrons. The molecule has 0 unspecified atom stereocenters. The minimum Gasteiger partial charge on any atom is -0.481 e. The lowest BCUT2D eigenvalue weighted by atomic mass is 9.55. The summed E-state index contributed by atoms with van der Waals surface area (Å²) in [6.07, 6.45) is 1.81. The highest BCUT2D eigenvalue weighted by Crippen LogP contribution is 2.52. The van der Waals surface area contributed by atoms with Gasteiger partial charge < -0.3 is 24.1 Å². The van der Waals surface area contributed by atoms with Gasteiger partial charge in [0.1, 0.15) is 11.4 Å². The lowest BCUT2D eigenvalue weighted by Crippen LogP contribution is -2.52. The van der Waals surface area contributed by atoms with E-state index in [1.807, 2.05) is 43.3 Å². The van der Waals surface area contributed by atoms with Crippen molar-refractivity contribution in [2.75, 3.05) is 39.6 Å². The number of ether oxygens (including phenoxy) is 4. The molecule has 0 amide bonds. The fraction of sp³-hybridized carbons (Fsp3) is 0.448. The van der Waals surface area contributed by atoms with Crippen LogP contribution in [-0.2, 0) is 30.3 Å². The standard InChI is InChI=1S/C29H35N3O7/c1-3-36-14-15-38-17-16-37-13-12-32-19-24(30-31-32)22-10-7-11-23(18-22)39-29(35)26-20(2)25(28(33)34)27(26)21-8-5-4-6-9-21/h4-11,18-20,25-27H,3,12-17H2,1-2H3,(H,33,34)/t20-,25+,26+,27-/m0/s1. The summed E-state index contributed by atoms with van der Waals surface area (Å²) >= 11 is 0. The SMILES string of the molecule is CCOCCOCCOCCn1cc(-c2cccc(OC(=O)[C@@H]3[C@@H](C)[C@@H](C(=O)O)[C@@H]3c3ccccc3)c2)nn1. The van der Waals surface area contributed by atoms with Gasteiger partial charge in [-0.15, -0.1) is 5.10 Å². The number of carboxylic acids is 1. The molecule has 39 heavy (non-hydrogen) atoms. The summed E-state index contributed by atoms with van der Waals surface area (Å²) in [6, 6.07) is 16.4. The van der Waals surface area contributed by atoms with E-state index in [2.05, 4.69) is 10.3 Å². The Bertz CT molecular complexity index is 1220. The number of benzene rings is 2. The van der Waals surface area contributed by atoms with Crippen LogP contribution in [0.25, 0.3) is 11.3 Å². The minimum absolute atomic E-state index is 0.341. The summed E-state index contributed by atoms with van der Waals surface area (Å²) < 4.78 is 23.6. The van der Waals surface area contributed by atoms with Crippen LogP contribution >= 0.6 is 0 Å². The maximum Gasteiger partial charge on any atom is 0.315 e. The Labute approximate surface area is 227 Å². The minimum atomic E-state index is -0.901. The van der Waals surface area contributed by atoms with Gasteiger partial charge in [0.25, 0.3) is 0 Å². The number of carboxylic acid groups (broad SMARTS) is 1. The molecule has 10 heteroatoms. The summed E-state index contributed by atoms with van der Waals surface area (Å²) in [6.45, 7) is 7.54. The molecule has 10 nitrogen and oxygen atoms in total. The fourth-order valence-corrected chi connectivity index (χ4v) is 4.97. The topological polar surface area (TPSA) is 122 Å². The lowest BCUT2D eigenvalue weighted by molar-refractivity contribution is -0.162. The first-order chi connectivity index (χ1) is 19.0. The van der Waals surface area contributed by atoms with Crippen molar-refractivity contribution in [2.45, 2.75) is 26.3 Å². The van der Waals surface area contributed by atoms with Gasteiger partial charge in [0.2, 0.25) is 0 Å². The number of hydrogen-bond acceptors (Lipinski definition) is 8. The van der Waals surface area contributed by atoms with E-state index in [1.165, 1.54) is 0 Å². The molecule has 4 atom stereocenters. The third kappa shape index (κ3) is 7.29. The molecule has 1 aliphatic carbocycles. The van der Waals surface area contributed by atoms with Crippen molar-refractivity contribution >= 4 is 11.9 Å². The second-order valence-electron chi connectivity index (χ2n) is 9.42. The monoisotopic (exact) mass is 537 g/mol. The van der Waals surface area contributed by atoms with Gasteiger partial charge in [-0.2, -0.15) is 0 Å². The highest BCUT2D eigenvalue weighted by molar-refractivity contribution is 5.84. The van der Waals surface area contributed by atoms with Gasteiger partial charge in [-0.25, -0.2) is 4.68 Å². The quantitative estimate of drug-likeness (QED) is 0.176. The van der Waals surface area contributed by atoms with Crippen molar-refractivity contribution in [1.29, 1.82) is 0 Å². The number of nitrogens with zero attached hydrogens (tertiary/aromatic N) is 3. The Hall–Kier alpha value is -3.60. The van der Waals surface area contributed by atoms with Gasteiger partial charge in [-0.3, -0.25) is 9.59 Å². The highest BCUT2D eigenvalue weighted by atomic mass is 16.5. The van der Waals surface area contributed by atoms with Crippen molar-refractivity contribution in [2.24, 2.45) is 17.8 Å². The third-order valence-electron chi connectivity index (χ3n) is 6.95. The summed E-state index contributed by atoms with van der Waals surface area (Å²) in [5, 5.41) is 18.1. The van der Waals surface area contributed by atoms with Gasteiger partial charge in [0.15, 0.2) is 0 Å². The predicted molar refractivity (Wildman–Crippen MR) is 142 cm³/mol. The Morgan fingerprint density at radius 2 is 1.64 bits per heavy atom. The Kier molecular flexibility index (Phi) is 10.2. The molecule has 4 rings (SSSR count). The van der Waals surface area contributed by atoms with E-state index < -0.39 is 29.7 Å². The molecule has 1 N–H and O–H groups in total. The van der Waals surface area contributed by atoms with Crippen LogP contribution in [0, 0.1) is 17.8 Å². The maximum absolute atomic E-state index is 13.2. The van der Waals surface area contributed by atoms with Crippen molar-refractivity contribution in [3.63, 3.8) is 0 Å². The first kappa shape index (κ1) is 28.4. The summed E-state index contributed by atoms with van der Waals surface area (Å²) in [4.78, 5) is 25.1. The van der Waals surface area contributed by atoms with E-state index >= 15 is 0 Å². The zero-order valence-electron chi connectivity index (χ0n) is 22.3. The van der Waals surface area contributed by atoms with E-state index in [0.717, 1.165) is 11.1 Å². The number of rotatable bonds is 15. The van der Waals surface area contributed by atoms with Crippen LogP contribution in [0.15, 0.2) is 60.8 Å². The van der Waals surface area contributed by atoms with Gasteiger partial charge in [-0.1, -0.05) is 54.6 Å². The molecule has 1 heterocycles. The van der Waals surface area contributed by atoms with E-state index in [-0.39, 0.29) is 5.92 Å². The average Bonchev–Trinajstić information content (AvgIpc) is 3.40. The Morgan fingerprint density at radius 3 is 2.36 bits per heavy atom. The maximum atomic E-state index is 13.2. The van der Waals surface area contributed by atoms with Crippen LogP contribution in [0.4, 0.5) is 0 Å². The van der Waals surface area contributed by atoms with E-state index in [0.29, 0.717) is 57.6 Å². The molecule has 0 aliphatic heterocycles. The van der Waals surface area contributed by atoms with E-state index in [9.17, 15) is 14.7 Å². The predicted octanol–water partition coefficient (Wildman–Crippen LogP) is 3.67. The highest BCUT2D eigenvalue weighted by Gasteiger charge is 2.56. The second-order valence-corrected chi connectivity index (χ2v) is 9.42. The molecule has 0 saturated heterocycles. The van der Waals surface area contributed by atoms with Crippen LogP contribution < -0.4 is 4.74 Å². The molecule has 1 aromatic heterocycles. The molecule has 0 bridgehead atoms. The number of aliphatic carboxylic acids is 1. The lowest BCUT2D eigenvalue weighted by Gasteiger charge is -2.47. The first-order valence-electron chi connectivity index (χ1n) is 13.2. The van der Waals surface area contributed by atoms with Crippen LogP contribution in [0.2, 0.25) is 0 Å². The van der Waals surface area contributed by atoms with E-state index in [1.54, 1.807) is 36.0 Å². The number of carbonyl (C=O) groups is 2. The second kappa shape index (κ2) is 14.0. The zero-order valence-corrected chi connectivity index (χ0v) is 22.3. The van der Waals surface area contributed by atoms with E-state index in [4.69, 9.17) is 18.9 Å². The summed E-state index contributed by atoms with van der Waals surface area (Å²) in [5.41, 5.74) is 2.21. The zero-order chi connectivity index (χ0) is 27.6. The van der Waals surface area contributed by atoms with Crippen molar-refractivity contribution in [1.82, 2.24) is 15.0 Å². The van der Waals surface area contributed by atoms with Crippen LogP contribution in [0.1, 0.15) is 25.3 Å². The smallest absolute Gasteiger partial charge is 0.315 e. The fourth-order valence-electron chi connectivity index (χ4n) is 4.97. The van der Waals surface area contributed by atoms with Gasteiger partial charge in [0, 0.05) is 18.1 Å². The molecular formula is C29H35N3O7. The van der Waals surface area contributed by atoms with Gasteiger partial charge in [-0.05, 0) is 30.5 Å². The van der Waals surface area contributed by atoms with Crippen LogP contribution in [-0.4, -0.2) is 71.7 Å². The molecule has 1 aliphatic rings. The molecule has 1 saturated carbocycles. The van der Waals surface area contributed by atoms with Crippen LogP contribution in [0.5, 0.6) is 5.75 Å². The van der Waals surface area contributed by atoms with Crippen molar-refractivity contribution < 1.29 is 33.6 Å². The van der Waals surface area contributed by atoms with Crippen molar-refractivity contribution in [3.8, 4) is 17.0 Å². The summed E-state index contributed by atoms with van der Waals surface area (Å²) in [7, 11) is 0. The molecule has 208 valence electrons. The normalized spacial score (nSPS) is 20.4. The largest absolute Gasteiger partial charge is 0.481 e.